The van der Waals surface area contributed by atoms with Crippen LogP contribution in [0.4, 0.5) is 0 Å². The second-order valence-corrected chi connectivity index (χ2v) is 4.48. The minimum Gasteiger partial charge on any atom is -0.497 e. The van der Waals surface area contributed by atoms with E-state index in [-0.39, 0.29) is 5.78 Å². The van der Waals surface area contributed by atoms with Gasteiger partial charge in [-0.05, 0) is 30.3 Å². The van der Waals surface area contributed by atoms with Crippen LogP contribution in [0.3, 0.4) is 0 Å². The van der Waals surface area contributed by atoms with Crippen molar-refractivity contribution in [3.63, 3.8) is 0 Å². The van der Waals surface area contributed by atoms with E-state index in [2.05, 4.69) is 11.6 Å². The van der Waals surface area contributed by atoms with Gasteiger partial charge in [-0.1, -0.05) is 12.6 Å². The summed E-state index contributed by atoms with van der Waals surface area (Å²) < 4.78 is 10.8. The van der Waals surface area contributed by atoms with E-state index in [0.29, 0.717) is 28.5 Å². The molecule has 4 nitrogen and oxygen atoms in total. The second kappa shape index (κ2) is 4.81. The number of pyridine rings is 1. The molecule has 1 aromatic heterocycles. The highest BCUT2D eigenvalue weighted by Crippen LogP contribution is 2.38. The number of rotatable bonds is 2. The summed E-state index contributed by atoms with van der Waals surface area (Å²) in [6.45, 7) is 3.85. The smallest absolute Gasteiger partial charge is 0.183 e. The van der Waals surface area contributed by atoms with Crippen LogP contribution >= 0.6 is 0 Å². The summed E-state index contributed by atoms with van der Waals surface area (Å²) in [5.74, 6) is 0.872. The first-order valence-corrected chi connectivity index (χ1v) is 6.20. The fourth-order valence-corrected chi connectivity index (χ4v) is 2.27. The van der Waals surface area contributed by atoms with Gasteiger partial charge in [0.1, 0.15) is 23.2 Å². The van der Waals surface area contributed by atoms with Crippen molar-refractivity contribution in [3.8, 4) is 11.5 Å². The molecule has 0 saturated heterocycles. The third-order valence-corrected chi connectivity index (χ3v) is 3.26. The molecule has 1 aromatic carbocycles. The lowest BCUT2D eigenvalue weighted by Crippen LogP contribution is -2.24. The standard InChI is InChI=1S/C16H13NO3/c1-10-15(13-5-3-4-8-17-13)16(18)12-9-11(19-2)6-7-14(12)20-10/h3-9,15H,1H2,2H3. The number of nitrogens with zero attached hydrogens (tertiary/aromatic N) is 1. The Morgan fingerprint density at radius 1 is 1.30 bits per heavy atom. The van der Waals surface area contributed by atoms with Gasteiger partial charge in [-0.2, -0.15) is 0 Å². The fourth-order valence-electron chi connectivity index (χ4n) is 2.27. The molecule has 0 bridgehead atoms. The number of allylic oxidation sites excluding steroid dienone is 1. The number of ether oxygens (including phenoxy) is 2. The summed E-state index contributed by atoms with van der Waals surface area (Å²) in [5.41, 5.74) is 1.13. The molecule has 100 valence electrons. The van der Waals surface area contributed by atoms with Crippen LogP contribution in [-0.2, 0) is 0 Å². The number of benzene rings is 1. The van der Waals surface area contributed by atoms with Crippen molar-refractivity contribution in [2.75, 3.05) is 7.11 Å². The Hall–Kier alpha value is -2.62. The number of carbonyl (C=O) groups is 1. The van der Waals surface area contributed by atoms with Gasteiger partial charge in [0.05, 0.1) is 18.4 Å². The largest absolute Gasteiger partial charge is 0.497 e. The minimum absolute atomic E-state index is 0.0751. The van der Waals surface area contributed by atoms with E-state index in [1.807, 2.05) is 6.07 Å². The third kappa shape index (κ3) is 1.95. The van der Waals surface area contributed by atoms with Crippen molar-refractivity contribution in [2.45, 2.75) is 5.92 Å². The van der Waals surface area contributed by atoms with Crippen LogP contribution in [0.25, 0.3) is 0 Å². The normalized spacial score (nSPS) is 17.4. The van der Waals surface area contributed by atoms with Crippen LogP contribution in [0.5, 0.6) is 11.5 Å². The molecule has 1 aliphatic rings. The van der Waals surface area contributed by atoms with Crippen molar-refractivity contribution >= 4 is 5.78 Å². The van der Waals surface area contributed by atoms with Gasteiger partial charge >= 0.3 is 0 Å². The first-order chi connectivity index (χ1) is 9.70. The average molecular weight is 267 g/mol. The first kappa shape index (κ1) is 12.4. The van der Waals surface area contributed by atoms with Gasteiger partial charge in [0.25, 0.3) is 0 Å². The zero-order chi connectivity index (χ0) is 14.1. The predicted octanol–water partition coefficient (Wildman–Crippen LogP) is 2.96. The van der Waals surface area contributed by atoms with Crippen LogP contribution in [0.2, 0.25) is 0 Å². The van der Waals surface area contributed by atoms with Crippen molar-refractivity contribution in [1.82, 2.24) is 4.98 Å². The van der Waals surface area contributed by atoms with Gasteiger partial charge in [-0.3, -0.25) is 9.78 Å². The number of carbonyl (C=O) groups excluding carboxylic acids is 1. The SMILES string of the molecule is C=C1Oc2ccc(OC)cc2C(=O)C1c1ccccn1. The number of Topliss-reactive ketones (excluding diaryl/α,β-unsaturated/α-hetero) is 1. The molecular formula is C16H13NO3. The molecule has 0 N–H and O–H groups in total. The van der Waals surface area contributed by atoms with Crippen molar-refractivity contribution < 1.29 is 14.3 Å². The van der Waals surface area contributed by atoms with Crippen molar-refractivity contribution in [1.29, 1.82) is 0 Å². The van der Waals surface area contributed by atoms with Gasteiger partial charge in [0.2, 0.25) is 0 Å². The number of hydrogen-bond acceptors (Lipinski definition) is 4. The Morgan fingerprint density at radius 3 is 2.85 bits per heavy atom. The van der Waals surface area contributed by atoms with Crippen LogP contribution in [-0.4, -0.2) is 17.9 Å². The molecule has 0 aliphatic carbocycles. The predicted molar refractivity (Wildman–Crippen MR) is 74.1 cm³/mol. The van der Waals surface area contributed by atoms with E-state index < -0.39 is 5.92 Å². The lowest BCUT2D eigenvalue weighted by molar-refractivity contribution is 0.0935. The molecule has 0 saturated carbocycles. The lowest BCUT2D eigenvalue weighted by atomic mass is 9.90. The third-order valence-electron chi connectivity index (χ3n) is 3.26. The summed E-state index contributed by atoms with van der Waals surface area (Å²) >= 11 is 0. The summed E-state index contributed by atoms with van der Waals surface area (Å²) in [6.07, 6.45) is 1.65. The lowest BCUT2D eigenvalue weighted by Gasteiger charge is -2.25. The molecule has 2 aromatic rings. The molecule has 0 spiro atoms. The molecule has 1 unspecified atom stereocenters. The molecule has 1 aliphatic heterocycles. The Kier molecular flexibility index (Phi) is 2.99. The average Bonchev–Trinajstić information content (AvgIpc) is 2.48. The molecular weight excluding hydrogens is 254 g/mol. The highest BCUT2D eigenvalue weighted by atomic mass is 16.5. The zero-order valence-corrected chi connectivity index (χ0v) is 11.0. The van der Waals surface area contributed by atoms with Gasteiger partial charge in [0.15, 0.2) is 5.78 Å². The Balaban J connectivity index is 2.08. The van der Waals surface area contributed by atoms with Gasteiger partial charge in [-0.25, -0.2) is 0 Å². The number of ketones is 1. The van der Waals surface area contributed by atoms with Crippen LogP contribution in [0.1, 0.15) is 22.0 Å². The molecule has 0 fully saturated rings. The van der Waals surface area contributed by atoms with Crippen molar-refractivity contribution in [2.24, 2.45) is 0 Å². The zero-order valence-electron chi connectivity index (χ0n) is 11.0. The minimum atomic E-state index is -0.573. The molecule has 0 amide bonds. The summed E-state index contributed by atoms with van der Waals surface area (Å²) in [4.78, 5) is 16.9. The van der Waals surface area contributed by atoms with Crippen molar-refractivity contribution in [3.05, 3.63) is 66.2 Å². The second-order valence-electron chi connectivity index (χ2n) is 4.48. The first-order valence-electron chi connectivity index (χ1n) is 6.20. The Labute approximate surface area is 116 Å². The van der Waals surface area contributed by atoms with E-state index in [1.165, 1.54) is 0 Å². The fraction of sp³-hybridized carbons (Fsp3) is 0.125. The molecule has 0 radical (unpaired) electrons. The maximum atomic E-state index is 12.7. The quantitative estimate of drug-likeness (QED) is 0.839. The van der Waals surface area contributed by atoms with Crippen LogP contribution in [0.15, 0.2) is 54.9 Å². The number of methoxy groups -OCH3 is 1. The van der Waals surface area contributed by atoms with E-state index >= 15 is 0 Å². The maximum Gasteiger partial charge on any atom is 0.183 e. The van der Waals surface area contributed by atoms with E-state index in [9.17, 15) is 4.79 Å². The summed E-state index contributed by atoms with van der Waals surface area (Å²) in [6, 6.07) is 10.6. The van der Waals surface area contributed by atoms with Gasteiger partial charge < -0.3 is 9.47 Å². The molecule has 1 atom stereocenters. The summed E-state index contributed by atoms with van der Waals surface area (Å²) in [5, 5.41) is 0. The van der Waals surface area contributed by atoms with Crippen LogP contribution < -0.4 is 9.47 Å². The number of aromatic nitrogens is 1. The highest BCUT2D eigenvalue weighted by molar-refractivity contribution is 6.06. The topological polar surface area (TPSA) is 48.4 Å². The van der Waals surface area contributed by atoms with E-state index in [4.69, 9.17) is 9.47 Å². The van der Waals surface area contributed by atoms with E-state index in [0.717, 1.165) is 0 Å². The molecule has 2 heterocycles. The van der Waals surface area contributed by atoms with Gasteiger partial charge in [-0.15, -0.1) is 0 Å². The maximum absolute atomic E-state index is 12.7. The highest BCUT2D eigenvalue weighted by Gasteiger charge is 2.34. The molecule has 4 heteroatoms. The number of hydrogen-bond donors (Lipinski definition) is 0. The molecule has 3 rings (SSSR count). The molecule has 20 heavy (non-hydrogen) atoms. The Morgan fingerprint density at radius 2 is 2.15 bits per heavy atom. The van der Waals surface area contributed by atoms with Gasteiger partial charge in [0, 0.05) is 6.20 Å². The van der Waals surface area contributed by atoms with E-state index in [1.54, 1.807) is 43.6 Å². The van der Waals surface area contributed by atoms with Crippen LogP contribution in [0, 0.1) is 0 Å². The monoisotopic (exact) mass is 267 g/mol. The summed E-state index contributed by atoms with van der Waals surface area (Å²) in [7, 11) is 1.56. The Bertz CT molecular complexity index is 679. The number of fused-ring (bicyclic) bond motifs is 1.